The summed E-state index contributed by atoms with van der Waals surface area (Å²) in [5.41, 5.74) is 2.45. The van der Waals surface area contributed by atoms with E-state index in [0.29, 0.717) is 12.1 Å². The van der Waals surface area contributed by atoms with Gasteiger partial charge in [-0.25, -0.2) is 13.1 Å². The molecule has 0 radical (unpaired) electrons. The largest absolute Gasteiger partial charge is 0.383 e. The standard InChI is InChI=1S/C22H30N4O4S/c1-25-11-13-26(14-12-25)21-9-4-3-6-19(21)17-23-22(27)18-7-5-8-20(16-18)31(28,29)24-10-15-30-2/h3-9,16,24H,10-15,17H2,1-2H3,(H,23,27). The van der Waals surface area contributed by atoms with Crippen LogP contribution in [-0.2, 0) is 21.3 Å². The van der Waals surface area contributed by atoms with Crippen LogP contribution in [0.2, 0.25) is 0 Å². The van der Waals surface area contributed by atoms with E-state index >= 15 is 0 Å². The summed E-state index contributed by atoms with van der Waals surface area (Å²) in [6.45, 7) is 4.69. The molecular formula is C22H30N4O4S. The summed E-state index contributed by atoms with van der Waals surface area (Å²) in [5.74, 6) is -0.317. The summed E-state index contributed by atoms with van der Waals surface area (Å²) in [6.07, 6.45) is 0. The second-order valence-corrected chi connectivity index (χ2v) is 9.29. The number of sulfonamides is 1. The molecule has 9 heteroatoms. The number of benzene rings is 2. The molecule has 3 rings (SSSR count). The van der Waals surface area contributed by atoms with E-state index < -0.39 is 10.0 Å². The third-order valence-electron chi connectivity index (χ3n) is 5.28. The molecular weight excluding hydrogens is 416 g/mol. The fraction of sp³-hybridized carbons (Fsp3) is 0.409. The molecule has 2 N–H and O–H groups in total. The monoisotopic (exact) mass is 446 g/mol. The first kappa shape index (κ1) is 23.2. The number of anilines is 1. The number of methoxy groups -OCH3 is 1. The second-order valence-electron chi connectivity index (χ2n) is 7.52. The van der Waals surface area contributed by atoms with Gasteiger partial charge in [0.1, 0.15) is 0 Å². The number of para-hydroxylation sites is 1. The van der Waals surface area contributed by atoms with Gasteiger partial charge < -0.3 is 19.9 Å². The highest BCUT2D eigenvalue weighted by atomic mass is 32.2. The molecule has 31 heavy (non-hydrogen) atoms. The molecule has 168 valence electrons. The Labute approximate surface area is 184 Å². The Morgan fingerprint density at radius 1 is 1.06 bits per heavy atom. The number of nitrogens with zero attached hydrogens (tertiary/aromatic N) is 2. The Balaban J connectivity index is 1.67. The molecule has 0 unspecified atom stereocenters. The lowest BCUT2D eigenvalue weighted by Crippen LogP contribution is -2.45. The van der Waals surface area contributed by atoms with Crippen molar-refractivity contribution in [2.45, 2.75) is 11.4 Å². The van der Waals surface area contributed by atoms with Gasteiger partial charge in [0.15, 0.2) is 0 Å². The zero-order valence-electron chi connectivity index (χ0n) is 18.0. The minimum atomic E-state index is -3.70. The normalized spacial score (nSPS) is 15.1. The topological polar surface area (TPSA) is 91.0 Å². The summed E-state index contributed by atoms with van der Waals surface area (Å²) in [7, 11) is -0.0850. The van der Waals surface area contributed by atoms with Crippen LogP contribution >= 0.6 is 0 Å². The van der Waals surface area contributed by atoms with E-state index in [4.69, 9.17) is 4.74 Å². The third-order valence-corrected chi connectivity index (χ3v) is 6.74. The summed E-state index contributed by atoms with van der Waals surface area (Å²) >= 11 is 0. The number of hydrogen-bond acceptors (Lipinski definition) is 6. The Kier molecular flexibility index (Phi) is 8.03. The molecule has 0 bridgehead atoms. The number of amides is 1. The van der Waals surface area contributed by atoms with Crippen LogP contribution in [0.5, 0.6) is 0 Å². The van der Waals surface area contributed by atoms with Crippen LogP contribution in [0.3, 0.4) is 0 Å². The molecule has 0 saturated carbocycles. The molecule has 2 aromatic carbocycles. The van der Waals surface area contributed by atoms with Crippen molar-refractivity contribution in [1.82, 2.24) is 14.9 Å². The van der Waals surface area contributed by atoms with Crippen LogP contribution < -0.4 is 14.9 Å². The zero-order valence-corrected chi connectivity index (χ0v) is 18.8. The maximum absolute atomic E-state index is 12.7. The third kappa shape index (κ3) is 6.27. The summed E-state index contributed by atoms with van der Waals surface area (Å²) in [4.78, 5) is 17.4. The molecule has 0 aliphatic carbocycles. The fourth-order valence-corrected chi connectivity index (χ4v) is 4.52. The summed E-state index contributed by atoms with van der Waals surface area (Å²) in [5, 5.41) is 2.92. The maximum atomic E-state index is 12.7. The van der Waals surface area contributed by atoms with E-state index in [9.17, 15) is 13.2 Å². The molecule has 0 spiro atoms. The number of carbonyl (C=O) groups excluding carboxylic acids is 1. The van der Waals surface area contributed by atoms with Gasteiger partial charge in [0.2, 0.25) is 10.0 Å². The first-order valence-corrected chi connectivity index (χ1v) is 11.8. The van der Waals surface area contributed by atoms with Crippen molar-refractivity contribution >= 4 is 21.6 Å². The number of carbonyl (C=O) groups is 1. The second kappa shape index (κ2) is 10.7. The van der Waals surface area contributed by atoms with Gasteiger partial charge in [-0.1, -0.05) is 24.3 Å². The predicted octanol–water partition coefficient (Wildman–Crippen LogP) is 1.29. The van der Waals surface area contributed by atoms with Gasteiger partial charge in [-0.05, 0) is 36.9 Å². The molecule has 1 amide bonds. The molecule has 1 aliphatic rings. The number of nitrogens with one attached hydrogen (secondary N) is 2. The van der Waals surface area contributed by atoms with Crippen molar-refractivity contribution in [3.8, 4) is 0 Å². The van der Waals surface area contributed by atoms with Gasteiger partial charge in [-0.3, -0.25) is 4.79 Å². The zero-order chi connectivity index (χ0) is 22.3. The molecule has 1 aliphatic heterocycles. The van der Waals surface area contributed by atoms with Crippen molar-refractivity contribution in [1.29, 1.82) is 0 Å². The van der Waals surface area contributed by atoms with Crippen molar-refractivity contribution < 1.29 is 17.9 Å². The van der Waals surface area contributed by atoms with Crippen molar-refractivity contribution in [3.05, 3.63) is 59.7 Å². The van der Waals surface area contributed by atoms with Gasteiger partial charge in [-0.2, -0.15) is 0 Å². The quantitative estimate of drug-likeness (QED) is 0.564. The maximum Gasteiger partial charge on any atom is 0.251 e. The average molecular weight is 447 g/mol. The first-order valence-electron chi connectivity index (χ1n) is 10.3. The van der Waals surface area contributed by atoms with Gasteiger partial charge >= 0.3 is 0 Å². The van der Waals surface area contributed by atoms with Crippen LogP contribution in [0.25, 0.3) is 0 Å². The van der Waals surface area contributed by atoms with Gasteiger partial charge in [0.25, 0.3) is 5.91 Å². The van der Waals surface area contributed by atoms with Crippen molar-refractivity contribution in [3.63, 3.8) is 0 Å². The Hall–Kier alpha value is -2.46. The number of hydrogen-bond donors (Lipinski definition) is 2. The van der Waals surface area contributed by atoms with E-state index in [0.717, 1.165) is 37.4 Å². The Bertz CT molecular complexity index is 989. The number of rotatable bonds is 9. The lowest BCUT2D eigenvalue weighted by Gasteiger charge is -2.35. The van der Waals surface area contributed by atoms with Gasteiger partial charge in [0.05, 0.1) is 11.5 Å². The first-order chi connectivity index (χ1) is 14.9. The molecule has 1 heterocycles. The summed E-state index contributed by atoms with van der Waals surface area (Å²) < 4.78 is 32.1. The van der Waals surface area contributed by atoms with E-state index in [1.807, 2.05) is 18.2 Å². The lowest BCUT2D eigenvalue weighted by molar-refractivity contribution is 0.0950. The van der Waals surface area contributed by atoms with E-state index in [-0.39, 0.29) is 24.0 Å². The fourth-order valence-electron chi connectivity index (χ4n) is 3.46. The molecule has 1 saturated heterocycles. The van der Waals surface area contributed by atoms with Crippen LogP contribution in [0.15, 0.2) is 53.4 Å². The van der Waals surface area contributed by atoms with Crippen LogP contribution in [-0.4, -0.2) is 72.7 Å². The van der Waals surface area contributed by atoms with Crippen LogP contribution in [0, 0.1) is 0 Å². The average Bonchev–Trinajstić information content (AvgIpc) is 2.78. The lowest BCUT2D eigenvalue weighted by atomic mass is 10.1. The Morgan fingerprint density at radius 3 is 2.55 bits per heavy atom. The summed E-state index contributed by atoms with van der Waals surface area (Å²) in [6, 6.07) is 14.1. The molecule has 0 aromatic heterocycles. The number of likely N-dealkylation sites (N-methyl/N-ethyl adjacent to an activating group) is 1. The minimum Gasteiger partial charge on any atom is -0.383 e. The SMILES string of the molecule is COCCNS(=O)(=O)c1cccc(C(=O)NCc2ccccc2N2CCN(C)CC2)c1. The highest BCUT2D eigenvalue weighted by Crippen LogP contribution is 2.22. The predicted molar refractivity (Wildman–Crippen MR) is 121 cm³/mol. The molecule has 1 fully saturated rings. The number of ether oxygens (including phenoxy) is 1. The van der Waals surface area contributed by atoms with E-state index in [2.05, 4.69) is 33.0 Å². The molecule has 0 atom stereocenters. The van der Waals surface area contributed by atoms with Gasteiger partial charge in [-0.15, -0.1) is 0 Å². The van der Waals surface area contributed by atoms with Crippen LogP contribution in [0.4, 0.5) is 5.69 Å². The van der Waals surface area contributed by atoms with Crippen LogP contribution in [0.1, 0.15) is 15.9 Å². The van der Waals surface area contributed by atoms with Crippen molar-refractivity contribution in [2.24, 2.45) is 0 Å². The molecule has 2 aromatic rings. The Morgan fingerprint density at radius 2 is 1.81 bits per heavy atom. The van der Waals surface area contributed by atoms with E-state index in [1.165, 1.54) is 19.2 Å². The van der Waals surface area contributed by atoms with Crippen molar-refractivity contribution in [2.75, 3.05) is 58.4 Å². The van der Waals surface area contributed by atoms with E-state index in [1.54, 1.807) is 12.1 Å². The smallest absolute Gasteiger partial charge is 0.251 e. The van der Waals surface area contributed by atoms with Gasteiger partial charge in [0, 0.05) is 57.6 Å². The highest BCUT2D eigenvalue weighted by molar-refractivity contribution is 7.89. The molecule has 8 nitrogen and oxygen atoms in total. The number of piperazine rings is 1. The highest BCUT2D eigenvalue weighted by Gasteiger charge is 2.18. The minimum absolute atomic E-state index is 0.0501.